The molecule has 1 heterocycles. The highest BCUT2D eigenvalue weighted by atomic mass is 16.2. The maximum atomic E-state index is 12.3. The van der Waals surface area contributed by atoms with Gasteiger partial charge in [-0.05, 0) is 11.0 Å². The molecule has 0 aliphatic heterocycles. The van der Waals surface area contributed by atoms with Crippen molar-refractivity contribution in [2.75, 3.05) is 18.9 Å². The van der Waals surface area contributed by atoms with Crippen LogP contribution in [-0.4, -0.2) is 35.2 Å². The number of amides is 2. The first-order valence-electron chi connectivity index (χ1n) is 8.62. The molecule has 0 fully saturated rings. The molecule has 0 aliphatic rings. The summed E-state index contributed by atoms with van der Waals surface area (Å²) in [6, 6.07) is 10.2. The Morgan fingerprint density at radius 1 is 1.15 bits per heavy atom. The van der Waals surface area contributed by atoms with E-state index in [1.165, 1.54) is 0 Å². The zero-order valence-electron chi connectivity index (χ0n) is 15.7. The number of benzene rings is 1. The van der Waals surface area contributed by atoms with Gasteiger partial charge in [-0.15, -0.1) is 0 Å². The van der Waals surface area contributed by atoms with E-state index in [2.05, 4.69) is 41.8 Å². The van der Waals surface area contributed by atoms with E-state index in [1.807, 2.05) is 47.3 Å². The van der Waals surface area contributed by atoms with Crippen LogP contribution in [0.3, 0.4) is 0 Å². The van der Waals surface area contributed by atoms with Crippen molar-refractivity contribution in [1.29, 1.82) is 0 Å². The largest absolute Gasteiger partial charge is 0.360 e. The average Bonchev–Trinajstić information content (AvgIpc) is 3.03. The molecule has 7 heteroatoms. The minimum Gasteiger partial charge on any atom is -0.360 e. The molecule has 0 spiro atoms. The molecule has 0 aliphatic carbocycles. The number of aromatic nitrogens is 2. The fourth-order valence-corrected chi connectivity index (χ4v) is 2.50. The summed E-state index contributed by atoms with van der Waals surface area (Å²) in [6.07, 6.45) is 1.88. The summed E-state index contributed by atoms with van der Waals surface area (Å²) >= 11 is 0. The molecule has 26 heavy (non-hydrogen) atoms. The van der Waals surface area contributed by atoms with Crippen LogP contribution in [0.15, 0.2) is 42.6 Å². The number of anilines is 1. The van der Waals surface area contributed by atoms with Crippen LogP contribution in [0, 0.1) is 5.41 Å². The van der Waals surface area contributed by atoms with Crippen molar-refractivity contribution in [1.82, 2.24) is 20.4 Å². The van der Waals surface area contributed by atoms with Crippen LogP contribution in [0.2, 0.25) is 0 Å². The lowest BCUT2D eigenvalue weighted by Crippen LogP contribution is -2.41. The van der Waals surface area contributed by atoms with E-state index in [0.29, 0.717) is 5.82 Å². The smallest absolute Gasteiger partial charge is 0.246 e. The number of rotatable bonds is 7. The second kappa shape index (κ2) is 8.51. The predicted octanol–water partition coefficient (Wildman–Crippen LogP) is 1.94. The Hall–Kier alpha value is -2.83. The molecule has 7 nitrogen and oxygen atoms in total. The molecule has 1 unspecified atom stereocenters. The molecule has 2 rings (SSSR count). The van der Waals surface area contributed by atoms with Gasteiger partial charge in [-0.2, -0.15) is 5.10 Å². The number of nitrogens with one attached hydrogen (secondary N) is 3. The van der Waals surface area contributed by atoms with Crippen molar-refractivity contribution in [3.8, 4) is 0 Å². The quantitative estimate of drug-likeness (QED) is 0.707. The molecule has 140 valence electrons. The van der Waals surface area contributed by atoms with E-state index >= 15 is 0 Å². The van der Waals surface area contributed by atoms with E-state index < -0.39 is 6.04 Å². The summed E-state index contributed by atoms with van der Waals surface area (Å²) < 4.78 is 1.84. The van der Waals surface area contributed by atoms with Crippen LogP contribution in [0.25, 0.3) is 0 Å². The first-order valence-corrected chi connectivity index (χ1v) is 8.62. The summed E-state index contributed by atoms with van der Waals surface area (Å²) in [5.41, 5.74) is 0.853. The van der Waals surface area contributed by atoms with Crippen molar-refractivity contribution in [2.45, 2.75) is 33.4 Å². The van der Waals surface area contributed by atoms with Gasteiger partial charge in [0.15, 0.2) is 0 Å². The second-order valence-corrected chi connectivity index (χ2v) is 7.34. The Morgan fingerprint density at radius 3 is 2.46 bits per heavy atom. The van der Waals surface area contributed by atoms with Gasteiger partial charge in [0.2, 0.25) is 11.8 Å². The van der Waals surface area contributed by atoms with Crippen molar-refractivity contribution in [3.63, 3.8) is 0 Å². The minimum atomic E-state index is -0.728. The maximum Gasteiger partial charge on any atom is 0.246 e. The van der Waals surface area contributed by atoms with Gasteiger partial charge in [-0.3, -0.25) is 14.3 Å². The lowest BCUT2D eigenvalue weighted by Gasteiger charge is -2.18. The first-order chi connectivity index (χ1) is 12.3. The Labute approximate surface area is 154 Å². The number of carbonyl (C=O) groups is 2. The lowest BCUT2D eigenvalue weighted by atomic mass is 9.97. The van der Waals surface area contributed by atoms with Gasteiger partial charge >= 0.3 is 0 Å². The van der Waals surface area contributed by atoms with Crippen LogP contribution >= 0.6 is 0 Å². The normalized spacial score (nSPS) is 12.3. The van der Waals surface area contributed by atoms with Crippen LogP contribution in [0.1, 0.15) is 32.4 Å². The third-order valence-corrected chi connectivity index (χ3v) is 3.65. The molecular formula is C19H27N5O2. The van der Waals surface area contributed by atoms with Gasteiger partial charge in [0.05, 0.1) is 6.54 Å². The number of hydrogen-bond acceptors (Lipinski definition) is 4. The number of nitrogens with zero attached hydrogens (tertiary/aromatic N) is 2. The molecule has 2 aromatic rings. The molecule has 0 radical (unpaired) electrons. The molecule has 1 atom stereocenters. The Balaban J connectivity index is 1.93. The topological polar surface area (TPSA) is 88.0 Å². The van der Waals surface area contributed by atoms with E-state index in [1.54, 1.807) is 7.05 Å². The highest BCUT2D eigenvalue weighted by Crippen LogP contribution is 2.16. The Kier molecular flexibility index (Phi) is 6.38. The Morgan fingerprint density at radius 2 is 1.85 bits per heavy atom. The molecule has 1 aromatic carbocycles. The van der Waals surface area contributed by atoms with Crippen molar-refractivity contribution in [3.05, 3.63) is 48.2 Å². The third-order valence-electron chi connectivity index (χ3n) is 3.65. The summed E-state index contributed by atoms with van der Waals surface area (Å²) in [5.74, 6) is 0.0763. The zero-order valence-corrected chi connectivity index (χ0v) is 15.7. The van der Waals surface area contributed by atoms with Crippen LogP contribution in [0.4, 0.5) is 5.82 Å². The second-order valence-electron chi connectivity index (χ2n) is 7.34. The van der Waals surface area contributed by atoms with Gasteiger partial charge in [-0.1, -0.05) is 51.1 Å². The molecule has 3 N–H and O–H groups in total. The summed E-state index contributed by atoms with van der Waals surface area (Å²) in [6.45, 7) is 7.23. The predicted molar refractivity (Wildman–Crippen MR) is 102 cm³/mol. The van der Waals surface area contributed by atoms with Crippen LogP contribution in [0.5, 0.6) is 0 Å². The van der Waals surface area contributed by atoms with Gasteiger partial charge in [-0.25, -0.2) is 0 Å². The van der Waals surface area contributed by atoms with E-state index in [0.717, 1.165) is 12.1 Å². The minimum absolute atomic E-state index is 0.0346. The molecule has 0 saturated carbocycles. The van der Waals surface area contributed by atoms with Crippen molar-refractivity contribution >= 4 is 17.6 Å². The van der Waals surface area contributed by atoms with Gasteiger partial charge < -0.3 is 16.0 Å². The van der Waals surface area contributed by atoms with Crippen LogP contribution < -0.4 is 16.0 Å². The van der Waals surface area contributed by atoms with Gasteiger partial charge in [0.1, 0.15) is 11.9 Å². The number of likely N-dealkylation sites (N-methyl/N-ethyl adjacent to an activating group) is 1. The summed E-state index contributed by atoms with van der Waals surface area (Å²) in [5, 5.41) is 12.7. The highest BCUT2D eigenvalue weighted by molar-refractivity contribution is 5.89. The maximum absolute atomic E-state index is 12.3. The fraction of sp³-hybridized carbons (Fsp3) is 0.421. The van der Waals surface area contributed by atoms with Crippen molar-refractivity contribution in [2.24, 2.45) is 5.41 Å². The molecule has 0 bridgehead atoms. The standard InChI is InChI=1S/C19H27N5O2/c1-19(2,3)13-24-11-10-15(23-24)21-12-16(25)22-17(18(26)20-4)14-8-6-5-7-9-14/h5-11,17H,12-13H2,1-4H3,(H,20,26)(H,21,23)(H,22,25). The average molecular weight is 357 g/mol. The number of hydrogen-bond donors (Lipinski definition) is 3. The molecule has 0 saturated heterocycles. The van der Waals surface area contributed by atoms with E-state index in [4.69, 9.17) is 0 Å². The fourth-order valence-electron chi connectivity index (χ4n) is 2.50. The van der Waals surface area contributed by atoms with Gasteiger partial charge in [0, 0.05) is 25.9 Å². The third kappa shape index (κ3) is 5.91. The summed E-state index contributed by atoms with van der Waals surface area (Å²) in [4.78, 5) is 24.4. The van der Waals surface area contributed by atoms with Gasteiger partial charge in [0.25, 0.3) is 0 Å². The first kappa shape index (κ1) is 19.5. The van der Waals surface area contributed by atoms with E-state index in [9.17, 15) is 9.59 Å². The molecule has 2 amide bonds. The monoisotopic (exact) mass is 357 g/mol. The summed E-state index contributed by atoms with van der Waals surface area (Å²) in [7, 11) is 1.55. The molecular weight excluding hydrogens is 330 g/mol. The SMILES string of the molecule is CNC(=O)C(NC(=O)CNc1ccn(CC(C)(C)C)n1)c1ccccc1. The highest BCUT2D eigenvalue weighted by Gasteiger charge is 2.21. The number of carbonyl (C=O) groups excluding carboxylic acids is 2. The van der Waals surface area contributed by atoms with Crippen LogP contribution in [-0.2, 0) is 16.1 Å². The van der Waals surface area contributed by atoms with Crippen molar-refractivity contribution < 1.29 is 9.59 Å². The molecule has 1 aromatic heterocycles. The van der Waals surface area contributed by atoms with E-state index in [-0.39, 0.29) is 23.8 Å². The lowest BCUT2D eigenvalue weighted by molar-refractivity contribution is -0.128. The zero-order chi connectivity index (χ0) is 19.2. The Bertz CT molecular complexity index is 734.